The molecule has 3 aliphatic carbocycles. The van der Waals surface area contributed by atoms with Gasteiger partial charge in [0.05, 0.1) is 23.7 Å². The minimum Gasteiger partial charge on any atom is -0.465 e. The van der Waals surface area contributed by atoms with Crippen LogP contribution in [0.1, 0.15) is 54.8 Å². The van der Waals surface area contributed by atoms with Crippen molar-refractivity contribution in [3.63, 3.8) is 0 Å². The molecule has 3 aliphatic rings. The number of hydrogen-bond acceptors (Lipinski definition) is 6. The van der Waals surface area contributed by atoms with E-state index in [-0.39, 0.29) is 11.4 Å². The standard InChI is InChI=1S/C18H20N2O4/c1-23-15(21)13-4-2-12(3-5-13)14-19-16(24-20-14)17-6-9-18(22,10-7-17)11-8-17/h2-5,22H,6-11H2,1H3. The van der Waals surface area contributed by atoms with Crippen LogP contribution in [0.3, 0.4) is 0 Å². The first-order valence-electron chi connectivity index (χ1n) is 8.29. The first kappa shape index (κ1) is 15.3. The Bertz CT molecular complexity index is 741. The molecule has 0 aliphatic heterocycles. The van der Waals surface area contributed by atoms with Gasteiger partial charge in [0.15, 0.2) is 0 Å². The van der Waals surface area contributed by atoms with Gasteiger partial charge in [0.25, 0.3) is 0 Å². The Labute approximate surface area is 139 Å². The van der Waals surface area contributed by atoms with Crippen LogP contribution in [0.25, 0.3) is 11.4 Å². The van der Waals surface area contributed by atoms with Gasteiger partial charge in [-0.3, -0.25) is 0 Å². The predicted octanol–water partition coefficient (Wildman–Crippen LogP) is 2.86. The number of aromatic nitrogens is 2. The number of nitrogens with zero attached hydrogens (tertiary/aromatic N) is 2. The van der Waals surface area contributed by atoms with Gasteiger partial charge < -0.3 is 14.4 Å². The number of methoxy groups -OCH3 is 1. The fraction of sp³-hybridized carbons (Fsp3) is 0.500. The SMILES string of the molecule is COC(=O)c1ccc(-c2noc(C34CCC(O)(CC3)CC4)n2)cc1. The van der Waals surface area contributed by atoms with Crippen LogP contribution in [0.4, 0.5) is 0 Å². The Morgan fingerprint density at radius 1 is 1.12 bits per heavy atom. The molecular formula is C18H20N2O4. The highest BCUT2D eigenvalue weighted by molar-refractivity contribution is 5.89. The van der Waals surface area contributed by atoms with Gasteiger partial charge in [0.1, 0.15) is 0 Å². The van der Waals surface area contributed by atoms with E-state index in [4.69, 9.17) is 9.26 Å². The Morgan fingerprint density at radius 3 is 2.33 bits per heavy atom. The summed E-state index contributed by atoms with van der Waals surface area (Å²) in [5, 5.41) is 14.5. The number of carbonyl (C=O) groups is 1. The Morgan fingerprint density at radius 2 is 1.75 bits per heavy atom. The summed E-state index contributed by atoms with van der Waals surface area (Å²) in [4.78, 5) is 16.1. The third-order valence-electron chi connectivity index (χ3n) is 5.65. The molecule has 1 heterocycles. The molecule has 2 bridgehead atoms. The maximum absolute atomic E-state index is 11.5. The molecule has 0 saturated heterocycles. The van der Waals surface area contributed by atoms with Gasteiger partial charge in [-0.25, -0.2) is 4.79 Å². The van der Waals surface area contributed by atoms with E-state index in [0.29, 0.717) is 17.3 Å². The molecule has 0 amide bonds. The molecule has 0 radical (unpaired) electrons. The predicted molar refractivity (Wildman–Crippen MR) is 85.4 cm³/mol. The third-order valence-corrected chi connectivity index (χ3v) is 5.65. The van der Waals surface area contributed by atoms with Gasteiger partial charge in [-0.1, -0.05) is 17.3 Å². The van der Waals surface area contributed by atoms with Crippen molar-refractivity contribution >= 4 is 5.97 Å². The fourth-order valence-electron chi connectivity index (χ4n) is 3.92. The van der Waals surface area contributed by atoms with Crippen LogP contribution < -0.4 is 0 Å². The van der Waals surface area contributed by atoms with Gasteiger partial charge in [-0.05, 0) is 50.7 Å². The molecule has 6 nitrogen and oxygen atoms in total. The monoisotopic (exact) mass is 328 g/mol. The van der Waals surface area contributed by atoms with Crippen LogP contribution in [0.2, 0.25) is 0 Å². The van der Waals surface area contributed by atoms with Crippen molar-refractivity contribution < 1.29 is 19.2 Å². The van der Waals surface area contributed by atoms with Crippen LogP contribution in [-0.4, -0.2) is 33.9 Å². The van der Waals surface area contributed by atoms with Crippen LogP contribution in [0.15, 0.2) is 28.8 Å². The van der Waals surface area contributed by atoms with Gasteiger partial charge in [-0.2, -0.15) is 4.98 Å². The Kier molecular flexibility index (Phi) is 3.46. The Balaban J connectivity index is 1.58. The number of fused-ring (bicyclic) bond motifs is 3. The largest absolute Gasteiger partial charge is 0.465 e. The molecule has 3 fully saturated rings. The summed E-state index contributed by atoms with van der Waals surface area (Å²) in [5.74, 6) is 0.838. The first-order chi connectivity index (χ1) is 11.5. The van der Waals surface area contributed by atoms with E-state index in [1.807, 2.05) is 0 Å². The van der Waals surface area contributed by atoms with E-state index in [1.54, 1.807) is 24.3 Å². The quantitative estimate of drug-likeness (QED) is 0.872. The fourth-order valence-corrected chi connectivity index (χ4v) is 3.92. The van der Waals surface area contributed by atoms with Crippen molar-refractivity contribution in [2.45, 2.75) is 49.5 Å². The Hall–Kier alpha value is -2.21. The normalized spacial score (nSPS) is 28.8. The van der Waals surface area contributed by atoms with Gasteiger partial charge in [0, 0.05) is 5.56 Å². The summed E-state index contributed by atoms with van der Waals surface area (Å²) in [7, 11) is 1.36. The van der Waals surface area contributed by atoms with E-state index in [9.17, 15) is 9.90 Å². The number of hydrogen-bond donors (Lipinski definition) is 1. The van der Waals surface area contributed by atoms with Gasteiger partial charge in [-0.15, -0.1) is 0 Å². The summed E-state index contributed by atoms with van der Waals surface area (Å²) in [6.45, 7) is 0. The maximum atomic E-state index is 11.5. The summed E-state index contributed by atoms with van der Waals surface area (Å²) in [5.41, 5.74) is 0.732. The van der Waals surface area contributed by atoms with Crippen molar-refractivity contribution in [1.82, 2.24) is 10.1 Å². The molecule has 126 valence electrons. The summed E-state index contributed by atoms with van der Waals surface area (Å²) in [6, 6.07) is 6.96. The van der Waals surface area contributed by atoms with Crippen LogP contribution >= 0.6 is 0 Å². The van der Waals surface area contributed by atoms with E-state index < -0.39 is 5.60 Å². The average molecular weight is 328 g/mol. The van der Waals surface area contributed by atoms with Crippen molar-refractivity contribution in [3.05, 3.63) is 35.7 Å². The summed E-state index contributed by atoms with van der Waals surface area (Å²) >= 11 is 0. The summed E-state index contributed by atoms with van der Waals surface area (Å²) in [6.07, 6.45) is 5.10. The average Bonchev–Trinajstić information content (AvgIpc) is 3.13. The second kappa shape index (κ2) is 5.41. The molecule has 0 spiro atoms. The number of aliphatic hydroxyl groups is 1. The molecule has 2 aromatic rings. The molecule has 1 aromatic carbocycles. The number of benzene rings is 1. The number of carbonyl (C=O) groups excluding carboxylic acids is 1. The number of ether oxygens (including phenoxy) is 1. The highest BCUT2D eigenvalue weighted by Gasteiger charge is 2.51. The van der Waals surface area contributed by atoms with Crippen molar-refractivity contribution in [1.29, 1.82) is 0 Å². The minimum atomic E-state index is -0.478. The molecule has 5 rings (SSSR count). The van der Waals surface area contributed by atoms with E-state index in [2.05, 4.69) is 10.1 Å². The highest BCUT2D eigenvalue weighted by atomic mass is 16.5. The number of rotatable bonds is 3. The zero-order valence-electron chi connectivity index (χ0n) is 13.6. The van der Waals surface area contributed by atoms with E-state index >= 15 is 0 Å². The van der Waals surface area contributed by atoms with Crippen molar-refractivity contribution in [2.24, 2.45) is 0 Å². The minimum absolute atomic E-state index is 0.0817. The highest BCUT2D eigenvalue weighted by Crippen LogP contribution is 2.53. The molecule has 1 N–H and O–H groups in total. The van der Waals surface area contributed by atoms with Crippen LogP contribution in [0.5, 0.6) is 0 Å². The molecule has 24 heavy (non-hydrogen) atoms. The van der Waals surface area contributed by atoms with Crippen molar-refractivity contribution in [2.75, 3.05) is 7.11 Å². The molecular weight excluding hydrogens is 308 g/mol. The smallest absolute Gasteiger partial charge is 0.337 e. The van der Waals surface area contributed by atoms with E-state index in [1.165, 1.54) is 7.11 Å². The lowest BCUT2D eigenvalue weighted by molar-refractivity contribution is -0.0726. The zero-order chi connectivity index (χ0) is 16.8. The van der Waals surface area contributed by atoms with Gasteiger partial charge in [0.2, 0.25) is 11.7 Å². The number of esters is 1. The molecule has 0 atom stereocenters. The van der Waals surface area contributed by atoms with Crippen LogP contribution in [0, 0.1) is 0 Å². The lowest BCUT2D eigenvalue weighted by Gasteiger charge is -2.48. The molecule has 3 saturated carbocycles. The zero-order valence-corrected chi connectivity index (χ0v) is 13.6. The summed E-state index contributed by atoms with van der Waals surface area (Å²) < 4.78 is 10.3. The second-order valence-electron chi connectivity index (χ2n) is 7.00. The lowest BCUT2D eigenvalue weighted by atomic mass is 9.58. The second-order valence-corrected chi connectivity index (χ2v) is 7.00. The molecule has 6 heteroatoms. The third kappa shape index (κ3) is 2.41. The lowest BCUT2D eigenvalue weighted by Crippen LogP contribution is -2.48. The maximum Gasteiger partial charge on any atom is 0.337 e. The topological polar surface area (TPSA) is 85.5 Å². The van der Waals surface area contributed by atoms with Crippen molar-refractivity contribution in [3.8, 4) is 11.4 Å². The molecule has 0 unspecified atom stereocenters. The van der Waals surface area contributed by atoms with E-state index in [0.717, 1.165) is 44.1 Å². The van der Waals surface area contributed by atoms with Gasteiger partial charge >= 0.3 is 5.97 Å². The van der Waals surface area contributed by atoms with Crippen LogP contribution in [-0.2, 0) is 10.2 Å². The molecule has 1 aromatic heterocycles. The first-order valence-corrected chi connectivity index (χ1v) is 8.29.